The van der Waals surface area contributed by atoms with Crippen molar-refractivity contribution in [2.45, 2.75) is 13.8 Å². The molecule has 5 heteroatoms. The average molecular weight is 346 g/mol. The van der Waals surface area contributed by atoms with Crippen molar-refractivity contribution >= 4 is 40.1 Å². The van der Waals surface area contributed by atoms with Gasteiger partial charge in [-0.2, -0.15) is 0 Å². The van der Waals surface area contributed by atoms with Crippen LogP contribution in [0.2, 0.25) is 10.0 Å². The molecule has 0 spiro atoms. The van der Waals surface area contributed by atoms with Gasteiger partial charge in [-0.05, 0) is 43.2 Å². The molecule has 0 atom stereocenters. The number of halogens is 2. The Kier molecular flexibility index (Phi) is 4.00. The van der Waals surface area contributed by atoms with E-state index in [-0.39, 0.29) is 5.56 Å². The second-order valence-electron chi connectivity index (χ2n) is 5.34. The Hall–Kier alpha value is -2.10. The first kappa shape index (κ1) is 15.8. The Morgan fingerprint density at radius 3 is 2.26 bits per heavy atom. The minimum Gasteiger partial charge on any atom is -0.478 e. The topological polar surface area (TPSA) is 50.2 Å². The molecule has 0 aliphatic carbocycles. The third-order valence-electron chi connectivity index (χ3n) is 3.92. The Labute approximate surface area is 143 Å². The summed E-state index contributed by atoms with van der Waals surface area (Å²) in [6.07, 6.45) is 0. The van der Waals surface area contributed by atoms with Crippen LogP contribution in [0, 0.1) is 13.8 Å². The van der Waals surface area contributed by atoms with Gasteiger partial charge in [-0.15, -0.1) is 0 Å². The number of pyridine rings is 1. The number of benzene rings is 2. The number of carbonyl (C=O) groups is 1. The molecular formula is C18H13Cl2NO2. The zero-order valence-electron chi connectivity index (χ0n) is 12.5. The summed E-state index contributed by atoms with van der Waals surface area (Å²) < 4.78 is 0. The van der Waals surface area contributed by atoms with Gasteiger partial charge >= 0.3 is 5.97 Å². The maximum Gasteiger partial charge on any atom is 0.336 e. The predicted octanol–water partition coefficient (Wildman–Crippen LogP) is 5.52. The van der Waals surface area contributed by atoms with Crippen molar-refractivity contribution in [2.75, 3.05) is 0 Å². The van der Waals surface area contributed by atoms with E-state index in [1.165, 1.54) is 0 Å². The number of aromatic carboxylic acids is 1. The largest absolute Gasteiger partial charge is 0.478 e. The molecule has 1 N–H and O–H groups in total. The highest BCUT2D eigenvalue weighted by atomic mass is 35.5. The first-order chi connectivity index (χ1) is 10.9. The van der Waals surface area contributed by atoms with Gasteiger partial charge in [0, 0.05) is 21.0 Å². The fraction of sp³-hybridized carbons (Fsp3) is 0.111. The lowest BCUT2D eigenvalue weighted by Crippen LogP contribution is -2.05. The van der Waals surface area contributed by atoms with Gasteiger partial charge in [0.2, 0.25) is 0 Å². The molecule has 0 radical (unpaired) electrons. The van der Waals surface area contributed by atoms with Crippen LogP contribution in [0.25, 0.3) is 22.2 Å². The normalized spacial score (nSPS) is 11.0. The summed E-state index contributed by atoms with van der Waals surface area (Å²) in [5.41, 5.74) is 3.67. The van der Waals surface area contributed by atoms with E-state index < -0.39 is 5.97 Å². The highest BCUT2D eigenvalue weighted by molar-refractivity contribution is 6.32. The van der Waals surface area contributed by atoms with Gasteiger partial charge in [-0.25, -0.2) is 9.78 Å². The molecule has 0 bridgehead atoms. The highest BCUT2D eigenvalue weighted by Gasteiger charge is 2.19. The van der Waals surface area contributed by atoms with Crippen LogP contribution in [0.5, 0.6) is 0 Å². The first-order valence-corrected chi connectivity index (χ1v) is 7.74. The smallest absolute Gasteiger partial charge is 0.336 e. The Balaban J connectivity index is 2.43. The van der Waals surface area contributed by atoms with E-state index in [9.17, 15) is 9.90 Å². The molecule has 116 valence electrons. The number of nitrogens with zero attached hydrogens (tertiary/aromatic N) is 1. The Morgan fingerprint density at radius 2 is 1.65 bits per heavy atom. The molecule has 1 heterocycles. The number of fused-ring (bicyclic) bond motifs is 1. The van der Waals surface area contributed by atoms with Gasteiger partial charge in [0.1, 0.15) is 0 Å². The number of hydrogen-bond acceptors (Lipinski definition) is 2. The van der Waals surface area contributed by atoms with Gasteiger partial charge in [0.25, 0.3) is 0 Å². The van der Waals surface area contributed by atoms with Crippen molar-refractivity contribution in [3.63, 3.8) is 0 Å². The molecule has 0 aliphatic rings. The molecule has 0 amide bonds. The molecule has 2 aromatic carbocycles. The molecule has 1 aromatic heterocycles. The summed E-state index contributed by atoms with van der Waals surface area (Å²) in [6, 6.07) is 10.6. The van der Waals surface area contributed by atoms with E-state index in [1.54, 1.807) is 31.2 Å². The minimum atomic E-state index is -0.980. The fourth-order valence-corrected chi connectivity index (χ4v) is 2.98. The molecule has 3 rings (SSSR count). The van der Waals surface area contributed by atoms with Crippen LogP contribution in [-0.2, 0) is 0 Å². The van der Waals surface area contributed by atoms with E-state index in [4.69, 9.17) is 23.2 Å². The van der Waals surface area contributed by atoms with E-state index >= 15 is 0 Å². The molecule has 0 saturated carbocycles. The minimum absolute atomic E-state index is 0.250. The molecule has 23 heavy (non-hydrogen) atoms. The monoisotopic (exact) mass is 345 g/mol. The summed E-state index contributed by atoms with van der Waals surface area (Å²) >= 11 is 12.1. The van der Waals surface area contributed by atoms with Gasteiger partial charge in [0.15, 0.2) is 0 Å². The maximum absolute atomic E-state index is 11.8. The summed E-state index contributed by atoms with van der Waals surface area (Å²) in [4.78, 5) is 16.5. The lowest BCUT2D eigenvalue weighted by molar-refractivity contribution is 0.0698. The number of aryl methyl sites for hydroxylation is 1. The van der Waals surface area contributed by atoms with Crippen molar-refractivity contribution in [3.8, 4) is 11.3 Å². The van der Waals surface area contributed by atoms with Crippen LogP contribution in [0.3, 0.4) is 0 Å². The van der Waals surface area contributed by atoms with Crippen molar-refractivity contribution in [1.29, 1.82) is 0 Å². The third-order valence-corrected chi connectivity index (χ3v) is 4.58. The number of rotatable bonds is 2. The maximum atomic E-state index is 11.8. The zero-order valence-corrected chi connectivity index (χ0v) is 14.0. The van der Waals surface area contributed by atoms with Gasteiger partial charge in [-0.3, -0.25) is 0 Å². The molecule has 0 aliphatic heterocycles. The quantitative estimate of drug-likeness (QED) is 0.664. The molecule has 0 unspecified atom stereocenters. The van der Waals surface area contributed by atoms with Crippen molar-refractivity contribution in [2.24, 2.45) is 0 Å². The van der Waals surface area contributed by atoms with Gasteiger partial charge in [0.05, 0.1) is 16.8 Å². The number of hydrogen-bond donors (Lipinski definition) is 1. The third kappa shape index (κ3) is 2.67. The zero-order chi connectivity index (χ0) is 16.7. The number of carboxylic acids is 1. The van der Waals surface area contributed by atoms with Crippen LogP contribution < -0.4 is 0 Å². The standard InChI is InChI=1S/C18H13Cl2NO2/c1-9-14(20)8-7-13-15(18(22)23)10(2)16(21-17(9)13)11-3-5-12(19)6-4-11/h3-8H,1-2H3,(H,22,23). The summed E-state index contributed by atoms with van der Waals surface area (Å²) in [5.74, 6) is -0.980. The molecule has 0 fully saturated rings. The molecule has 3 nitrogen and oxygen atoms in total. The number of aromatic nitrogens is 1. The first-order valence-electron chi connectivity index (χ1n) is 6.98. The van der Waals surface area contributed by atoms with E-state index in [1.807, 2.05) is 19.1 Å². The van der Waals surface area contributed by atoms with Crippen molar-refractivity contribution < 1.29 is 9.90 Å². The molecular weight excluding hydrogens is 333 g/mol. The summed E-state index contributed by atoms with van der Waals surface area (Å²) in [7, 11) is 0. The second kappa shape index (κ2) is 5.84. The number of carboxylic acid groups (broad SMARTS) is 1. The summed E-state index contributed by atoms with van der Waals surface area (Å²) in [6.45, 7) is 3.61. The van der Waals surface area contributed by atoms with E-state index in [2.05, 4.69) is 4.98 Å². The fourth-order valence-electron chi connectivity index (χ4n) is 2.70. The second-order valence-corrected chi connectivity index (χ2v) is 6.18. The van der Waals surface area contributed by atoms with Crippen molar-refractivity contribution in [3.05, 3.63) is 63.1 Å². The van der Waals surface area contributed by atoms with Crippen molar-refractivity contribution in [1.82, 2.24) is 4.98 Å². The summed E-state index contributed by atoms with van der Waals surface area (Å²) in [5, 5.41) is 11.4. The lowest BCUT2D eigenvalue weighted by Gasteiger charge is -2.14. The van der Waals surface area contributed by atoms with E-state index in [0.29, 0.717) is 32.2 Å². The SMILES string of the molecule is Cc1c(-c2ccc(Cl)cc2)nc2c(C)c(Cl)ccc2c1C(=O)O. The average Bonchev–Trinajstić information content (AvgIpc) is 2.51. The molecule has 3 aromatic rings. The highest BCUT2D eigenvalue weighted by Crippen LogP contribution is 2.33. The Morgan fingerprint density at radius 1 is 1.00 bits per heavy atom. The van der Waals surface area contributed by atoms with Gasteiger partial charge in [-0.1, -0.05) is 41.4 Å². The van der Waals surface area contributed by atoms with E-state index in [0.717, 1.165) is 11.1 Å². The van der Waals surface area contributed by atoms with Crippen LogP contribution in [0.15, 0.2) is 36.4 Å². The molecule has 0 saturated heterocycles. The predicted molar refractivity (Wildman–Crippen MR) is 93.6 cm³/mol. The van der Waals surface area contributed by atoms with Crippen LogP contribution in [0.4, 0.5) is 0 Å². The van der Waals surface area contributed by atoms with Gasteiger partial charge < -0.3 is 5.11 Å². The van der Waals surface area contributed by atoms with Crippen LogP contribution in [0.1, 0.15) is 21.5 Å². The van der Waals surface area contributed by atoms with Crippen LogP contribution >= 0.6 is 23.2 Å². The van der Waals surface area contributed by atoms with Crippen LogP contribution in [-0.4, -0.2) is 16.1 Å². The lowest BCUT2D eigenvalue weighted by atomic mass is 9.96. The Bertz CT molecular complexity index is 934.